The van der Waals surface area contributed by atoms with Gasteiger partial charge in [-0.15, -0.1) is 0 Å². The molecule has 12 heteroatoms. The molecule has 12 nitrogen and oxygen atoms in total. The van der Waals surface area contributed by atoms with Crippen molar-refractivity contribution in [2.45, 2.75) is 12.5 Å². The molecule has 0 aliphatic rings. The summed E-state index contributed by atoms with van der Waals surface area (Å²) in [6, 6.07) is 20.1. The summed E-state index contributed by atoms with van der Waals surface area (Å²) in [6.07, 6.45) is 1.40. The van der Waals surface area contributed by atoms with Crippen LogP contribution in [0.5, 0.6) is 0 Å². The number of carbonyl (C=O) groups is 2. The number of nitrogens with zero attached hydrogens (tertiary/aromatic N) is 5. The summed E-state index contributed by atoms with van der Waals surface area (Å²) in [4.78, 5) is 39.3. The highest BCUT2D eigenvalue weighted by Gasteiger charge is 2.22. The van der Waals surface area contributed by atoms with Crippen LogP contribution in [0.25, 0.3) is 0 Å². The maximum Gasteiger partial charge on any atom is 0.389 e. The maximum absolute atomic E-state index is 13.0. The van der Waals surface area contributed by atoms with Crippen LogP contribution in [0, 0.1) is 10.1 Å². The Labute approximate surface area is 199 Å². The van der Waals surface area contributed by atoms with Gasteiger partial charge in [0.25, 0.3) is 0 Å². The molecule has 4 rings (SSSR count). The molecule has 0 unspecified atom stereocenters. The van der Waals surface area contributed by atoms with Crippen molar-refractivity contribution < 1.29 is 19.0 Å². The molecule has 2 heterocycles. The fraction of sp³-hybridized carbons (Fsp3) is 0.174. The molecule has 0 spiro atoms. The minimum Gasteiger partial charge on any atom is -0.358 e. The molecule has 0 aliphatic heterocycles. The molecule has 4 aromatic rings. The van der Waals surface area contributed by atoms with Crippen LogP contribution >= 0.6 is 0 Å². The standard InChI is InChI=1S/C23H21N7O5/c31-21(20(16-7-3-1-4-8-16)17-9-5-2-6-10-17)24-12-13-25-22(32)23-26-18(28-35-23)15-29-14-11-19(27-29)30(33)34/h1-11,14,20H,12-13,15H2,(H,24,31)(H,25,32). The summed E-state index contributed by atoms with van der Waals surface area (Å²) in [5.41, 5.74) is 1.72. The lowest BCUT2D eigenvalue weighted by molar-refractivity contribution is -0.389. The Morgan fingerprint density at radius 1 is 0.971 bits per heavy atom. The quantitative estimate of drug-likeness (QED) is 0.200. The number of aromatic nitrogens is 4. The third kappa shape index (κ3) is 5.93. The number of carbonyl (C=O) groups excluding carboxylic acids is 2. The van der Waals surface area contributed by atoms with Gasteiger partial charge in [-0.2, -0.15) is 9.67 Å². The van der Waals surface area contributed by atoms with Gasteiger partial charge in [-0.1, -0.05) is 65.8 Å². The van der Waals surface area contributed by atoms with Crippen LogP contribution < -0.4 is 10.6 Å². The first-order chi connectivity index (χ1) is 17.0. The number of hydrogen-bond donors (Lipinski definition) is 2. The lowest BCUT2D eigenvalue weighted by Crippen LogP contribution is -2.37. The van der Waals surface area contributed by atoms with E-state index in [4.69, 9.17) is 4.52 Å². The molecule has 0 fully saturated rings. The second kappa shape index (κ2) is 10.8. The summed E-state index contributed by atoms with van der Waals surface area (Å²) in [7, 11) is 0. The highest BCUT2D eigenvalue weighted by molar-refractivity contribution is 5.89. The van der Waals surface area contributed by atoms with Crippen LogP contribution in [-0.2, 0) is 11.3 Å². The molecule has 0 aliphatic carbocycles. The Kier molecular flexibility index (Phi) is 7.21. The molecule has 2 N–H and O–H groups in total. The molecule has 2 aromatic heterocycles. The summed E-state index contributed by atoms with van der Waals surface area (Å²) in [6.45, 7) is 0.337. The Hall–Kier alpha value is -4.87. The molecule has 0 bridgehead atoms. The van der Waals surface area contributed by atoms with Crippen LogP contribution in [0.3, 0.4) is 0 Å². The summed E-state index contributed by atoms with van der Waals surface area (Å²) >= 11 is 0. The number of amides is 2. The predicted molar refractivity (Wildman–Crippen MR) is 122 cm³/mol. The van der Waals surface area contributed by atoms with Gasteiger partial charge in [-0.3, -0.25) is 9.59 Å². The van der Waals surface area contributed by atoms with Crippen molar-refractivity contribution in [1.29, 1.82) is 0 Å². The topological polar surface area (TPSA) is 158 Å². The molecule has 2 amide bonds. The third-order valence-electron chi connectivity index (χ3n) is 5.02. The fourth-order valence-electron chi connectivity index (χ4n) is 3.42. The lowest BCUT2D eigenvalue weighted by atomic mass is 9.90. The van der Waals surface area contributed by atoms with Crippen molar-refractivity contribution in [2.75, 3.05) is 13.1 Å². The number of nitrogens with one attached hydrogen (secondary N) is 2. The van der Waals surface area contributed by atoms with Gasteiger partial charge in [0.1, 0.15) is 6.54 Å². The minimum atomic E-state index is -0.619. The molecular weight excluding hydrogens is 454 g/mol. The van der Waals surface area contributed by atoms with Crippen LogP contribution in [-0.4, -0.2) is 49.7 Å². The molecular formula is C23H21N7O5. The molecule has 2 aromatic carbocycles. The number of rotatable bonds is 10. The van der Waals surface area contributed by atoms with E-state index in [9.17, 15) is 19.7 Å². The van der Waals surface area contributed by atoms with Gasteiger partial charge >= 0.3 is 17.6 Å². The lowest BCUT2D eigenvalue weighted by Gasteiger charge is -2.18. The molecule has 35 heavy (non-hydrogen) atoms. The van der Waals surface area contributed by atoms with E-state index in [0.717, 1.165) is 11.1 Å². The zero-order valence-corrected chi connectivity index (χ0v) is 18.4. The van der Waals surface area contributed by atoms with Crippen LogP contribution in [0.1, 0.15) is 33.6 Å². The Bertz CT molecular complexity index is 1260. The Balaban J connectivity index is 1.29. The first-order valence-electron chi connectivity index (χ1n) is 10.7. The van der Waals surface area contributed by atoms with Crippen LogP contribution in [0.4, 0.5) is 5.82 Å². The van der Waals surface area contributed by atoms with E-state index in [1.165, 1.54) is 16.9 Å². The van der Waals surface area contributed by atoms with Gasteiger partial charge in [0.05, 0.1) is 23.3 Å². The van der Waals surface area contributed by atoms with E-state index in [1.807, 2.05) is 60.7 Å². The third-order valence-corrected chi connectivity index (χ3v) is 5.02. The Morgan fingerprint density at radius 3 is 2.20 bits per heavy atom. The summed E-state index contributed by atoms with van der Waals surface area (Å²) in [5.74, 6) is -1.72. The van der Waals surface area contributed by atoms with Gasteiger partial charge in [0.15, 0.2) is 5.82 Å². The predicted octanol–water partition coefficient (Wildman–Crippen LogP) is 1.90. The average molecular weight is 475 g/mol. The highest BCUT2D eigenvalue weighted by atomic mass is 16.6. The molecule has 0 saturated heterocycles. The second-order valence-corrected chi connectivity index (χ2v) is 7.45. The zero-order valence-electron chi connectivity index (χ0n) is 18.4. The van der Waals surface area contributed by atoms with Gasteiger partial charge in [-0.05, 0) is 16.1 Å². The van der Waals surface area contributed by atoms with Crippen molar-refractivity contribution in [2.24, 2.45) is 0 Å². The second-order valence-electron chi connectivity index (χ2n) is 7.45. The number of hydrogen-bond acceptors (Lipinski definition) is 8. The van der Waals surface area contributed by atoms with Gasteiger partial charge in [0.2, 0.25) is 5.91 Å². The number of nitro groups is 1. The van der Waals surface area contributed by atoms with E-state index in [2.05, 4.69) is 25.9 Å². The van der Waals surface area contributed by atoms with Crippen molar-refractivity contribution in [3.05, 3.63) is 106 Å². The normalized spacial score (nSPS) is 10.8. The Morgan fingerprint density at radius 2 is 1.60 bits per heavy atom. The maximum atomic E-state index is 13.0. The number of benzene rings is 2. The molecule has 0 radical (unpaired) electrons. The van der Waals surface area contributed by atoms with Crippen LogP contribution in [0.15, 0.2) is 77.4 Å². The van der Waals surface area contributed by atoms with Crippen LogP contribution in [0.2, 0.25) is 0 Å². The van der Waals surface area contributed by atoms with Crippen molar-refractivity contribution >= 4 is 17.6 Å². The first kappa shape index (κ1) is 23.3. The van der Waals surface area contributed by atoms with E-state index < -0.39 is 16.7 Å². The van der Waals surface area contributed by atoms with E-state index in [0.29, 0.717) is 0 Å². The van der Waals surface area contributed by atoms with Crippen molar-refractivity contribution in [3.63, 3.8) is 0 Å². The highest BCUT2D eigenvalue weighted by Crippen LogP contribution is 2.24. The van der Waals surface area contributed by atoms with Gasteiger partial charge in [-0.25, -0.2) is 0 Å². The monoisotopic (exact) mass is 475 g/mol. The van der Waals surface area contributed by atoms with Crippen molar-refractivity contribution in [3.8, 4) is 0 Å². The molecule has 0 saturated carbocycles. The smallest absolute Gasteiger partial charge is 0.358 e. The van der Waals surface area contributed by atoms with Crippen molar-refractivity contribution in [1.82, 2.24) is 30.6 Å². The first-order valence-corrected chi connectivity index (χ1v) is 10.7. The zero-order chi connectivity index (χ0) is 24.6. The summed E-state index contributed by atoms with van der Waals surface area (Å²) < 4.78 is 6.21. The van der Waals surface area contributed by atoms with E-state index in [1.54, 1.807) is 0 Å². The SMILES string of the molecule is O=C(NCCNC(=O)C(c1ccccc1)c1ccccc1)c1nc(Cn2ccc([N+](=O)[O-])n2)no1. The molecule has 0 atom stereocenters. The van der Waals surface area contributed by atoms with E-state index in [-0.39, 0.29) is 43.1 Å². The molecule has 178 valence electrons. The largest absolute Gasteiger partial charge is 0.389 e. The summed E-state index contributed by atoms with van der Waals surface area (Å²) in [5, 5.41) is 23.6. The minimum absolute atomic E-state index is 0.00103. The van der Waals surface area contributed by atoms with Gasteiger partial charge < -0.3 is 25.3 Å². The van der Waals surface area contributed by atoms with E-state index >= 15 is 0 Å². The van der Waals surface area contributed by atoms with Gasteiger partial charge in [0, 0.05) is 13.1 Å². The average Bonchev–Trinajstić information content (AvgIpc) is 3.54. The fourth-order valence-corrected chi connectivity index (χ4v) is 3.42.